The first-order chi connectivity index (χ1) is 5.07. The molecule has 3 heteroatoms. The number of carbonyl (C=O) groups excluding carboxylic acids is 1. The quantitative estimate of drug-likeness (QED) is 0.621. The van der Waals surface area contributed by atoms with Crippen LogP contribution in [0.25, 0.3) is 0 Å². The first-order valence-corrected chi connectivity index (χ1v) is 4.00. The summed E-state index contributed by atoms with van der Waals surface area (Å²) in [5.74, 6) is -0.154. The third-order valence-corrected chi connectivity index (χ3v) is 1.50. The van der Waals surface area contributed by atoms with Gasteiger partial charge in [0.25, 0.3) is 0 Å². The van der Waals surface area contributed by atoms with Gasteiger partial charge in [-0.25, -0.2) is 0 Å². The average Bonchev–Trinajstić information content (AvgIpc) is 1.98. The maximum Gasteiger partial charge on any atom is 0.308 e. The highest BCUT2D eigenvalue weighted by atomic mass is 16.5. The Hall–Kier alpha value is -0.570. The number of nitrogens with two attached hydrogens (primary N) is 1. The van der Waals surface area contributed by atoms with Crippen molar-refractivity contribution in [3.05, 3.63) is 0 Å². The fourth-order valence-corrected chi connectivity index (χ4v) is 0.523. The third kappa shape index (κ3) is 4.79. The number of hydrogen-bond acceptors (Lipinski definition) is 3. The molecule has 66 valence electrons. The Morgan fingerprint density at radius 1 is 1.55 bits per heavy atom. The smallest absolute Gasteiger partial charge is 0.308 e. The van der Waals surface area contributed by atoms with Gasteiger partial charge in [-0.2, -0.15) is 0 Å². The zero-order valence-electron chi connectivity index (χ0n) is 7.46. The second-order valence-electron chi connectivity index (χ2n) is 2.92. The van der Waals surface area contributed by atoms with Crippen LogP contribution in [0.1, 0.15) is 27.2 Å². The number of carbonyl (C=O) groups is 1. The first kappa shape index (κ1) is 10.4. The van der Waals surface area contributed by atoms with Crippen LogP contribution in [0.4, 0.5) is 0 Å². The molecule has 0 spiro atoms. The first-order valence-electron chi connectivity index (χ1n) is 4.00. The van der Waals surface area contributed by atoms with Gasteiger partial charge in [0.05, 0.1) is 5.92 Å². The van der Waals surface area contributed by atoms with E-state index in [1.54, 1.807) is 0 Å². The summed E-state index contributed by atoms with van der Waals surface area (Å²) in [4.78, 5) is 11.0. The van der Waals surface area contributed by atoms with E-state index in [2.05, 4.69) is 0 Å². The van der Waals surface area contributed by atoms with Crippen LogP contribution in [0.3, 0.4) is 0 Å². The van der Waals surface area contributed by atoms with E-state index in [9.17, 15) is 4.79 Å². The molecule has 0 aromatic heterocycles. The molecule has 0 aromatic rings. The van der Waals surface area contributed by atoms with Crippen LogP contribution in [0.5, 0.6) is 0 Å². The van der Waals surface area contributed by atoms with Crippen molar-refractivity contribution in [3.8, 4) is 0 Å². The van der Waals surface area contributed by atoms with E-state index in [1.165, 1.54) is 0 Å². The molecule has 2 atom stereocenters. The summed E-state index contributed by atoms with van der Waals surface area (Å²) in [5.41, 5.74) is 5.41. The van der Waals surface area contributed by atoms with Crippen LogP contribution in [-0.4, -0.2) is 18.6 Å². The van der Waals surface area contributed by atoms with Crippen molar-refractivity contribution < 1.29 is 9.53 Å². The number of rotatable bonds is 4. The zero-order chi connectivity index (χ0) is 8.85. The Balaban J connectivity index is 3.52. The largest absolute Gasteiger partial charge is 0.464 e. The van der Waals surface area contributed by atoms with Gasteiger partial charge in [-0.1, -0.05) is 13.8 Å². The molecule has 0 heterocycles. The molecular weight excluding hydrogens is 142 g/mol. The van der Waals surface area contributed by atoms with Crippen molar-refractivity contribution in [2.24, 2.45) is 11.7 Å². The fourth-order valence-electron chi connectivity index (χ4n) is 0.523. The van der Waals surface area contributed by atoms with E-state index in [4.69, 9.17) is 10.5 Å². The molecular formula is C8H17NO2. The zero-order valence-corrected chi connectivity index (χ0v) is 7.46. The van der Waals surface area contributed by atoms with Crippen molar-refractivity contribution in [2.75, 3.05) is 6.61 Å². The molecule has 0 rings (SSSR count). The summed E-state index contributed by atoms with van der Waals surface area (Å²) in [6.07, 6.45) is 0.817. The number of ether oxygens (including phenoxy) is 1. The summed E-state index contributed by atoms with van der Waals surface area (Å²) >= 11 is 0. The Bertz CT molecular complexity index is 123. The second kappa shape index (κ2) is 5.13. The molecule has 2 N–H and O–H groups in total. The van der Waals surface area contributed by atoms with E-state index in [1.807, 2.05) is 20.8 Å². The summed E-state index contributed by atoms with van der Waals surface area (Å²) in [6, 6.07) is -0.0667. The van der Waals surface area contributed by atoms with Gasteiger partial charge in [0, 0.05) is 6.04 Å². The molecule has 3 nitrogen and oxygen atoms in total. The van der Waals surface area contributed by atoms with E-state index in [0.29, 0.717) is 6.61 Å². The molecule has 0 aliphatic carbocycles. The second-order valence-corrected chi connectivity index (χ2v) is 2.92. The summed E-state index contributed by atoms with van der Waals surface area (Å²) in [6.45, 7) is 5.94. The fraction of sp³-hybridized carbons (Fsp3) is 0.875. The van der Waals surface area contributed by atoms with Crippen LogP contribution in [0.15, 0.2) is 0 Å². The minimum Gasteiger partial charge on any atom is -0.464 e. The molecule has 0 bridgehead atoms. The van der Waals surface area contributed by atoms with Gasteiger partial charge in [0.2, 0.25) is 0 Å². The molecule has 0 saturated carbocycles. The third-order valence-electron chi connectivity index (χ3n) is 1.50. The van der Waals surface area contributed by atoms with Crippen LogP contribution < -0.4 is 5.73 Å². The standard InChI is InChI=1S/C8H17NO2/c1-4-6(2)8(10)11-5-7(3)9/h6-7H,4-5,9H2,1-3H3. The summed E-state index contributed by atoms with van der Waals surface area (Å²) < 4.78 is 4.89. The topological polar surface area (TPSA) is 52.3 Å². The maximum atomic E-state index is 11.0. The predicted octanol–water partition coefficient (Wildman–Crippen LogP) is 0.923. The van der Waals surface area contributed by atoms with Crippen LogP contribution >= 0.6 is 0 Å². The molecule has 11 heavy (non-hydrogen) atoms. The number of hydrogen-bond donors (Lipinski definition) is 1. The minimum absolute atomic E-state index is 0.00579. The van der Waals surface area contributed by atoms with E-state index in [-0.39, 0.29) is 17.9 Å². The van der Waals surface area contributed by atoms with Crippen molar-refractivity contribution in [2.45, 2.75) is 33.2 Å². The van der Waals surface area contributed by atoms with Crippen molar-refractivity contribution in [1.29, 1.82) is 0 Å². The summed E-state index contributed by atoms with van der Waals surface area (Å²) in [7, 11) is 0. The van der Waals surface area contributed by atoms with E-state index >= 15 is 0 Å². The van der Waals surface area contributed by atoms with Gasteiger partial charge >= 0.3 is 5.97 Å². The van der Waals surface area contributed by atoms with Crippen LogP contribution in [0, 0.1) is 5.92 Å². The van der Waals surface area contributed by atoms with E-state index in [0.717, 1.165) is 6.42 Å². The molecule has 0 aliphatic heterocycles. The maximum absolute atomic E-state index is 11.0. The molecule has 0 amide bonds. The lowest BCUT2D eigenvalue weighted by atomic mass is 10.1. The highest BCUT2D eigenvalue weighted by Crippen LogP contribution is 2.02. The molecule has 0 saturated heterocycles. The van der Waals surface area contributed by atoms with Gasteiger partial charge in [-0.05, 0) is 13.3 Å². The molecule has 0 fully saturated rings. The molecule has 0 aromatic carbocycles. The van der Waals surface area contributed by atoms with Crippen molar-refractivity contribution in [3.63, 3.8) is 0 Å². The Kier molecular flexibility index (Phi) is 4.86. The van der Waals surface area contributed by atoms with Crippen LogP contribution in [-0.2, 0) is 9.53 Å². The SMILES string of the molecule is CCC(C)C(=O)OCC(C)N. The van der Waals surface area contributed by atoms with Crippen molar-refractivity contribution in [1.82, 2.24) is 0 Å². The molecule has 0 radical (unpaired) electrons. The Morgan fingerprint density at radius 3 is 2.45 bits per heavy atom. The van der Waals surface area contributed by atoms with Gasteiger partial charge < -0.3 is 10.5 Å². The van der Waals surface area contributed by atoms with E-state index < -0.39 is 0 Å². The number of esters is 1. The Morgan fingerprint density at radius 2 is 2.09 bits per heavy atom. The highest BCUT2D eigenvalue weighted by Gasteiger charge is 2.11. The monoisotopic (exact) mass is 159 g/mol. The normalized spacial score (nSPS) is 15.6. The lowest BCUT2D eigenvalue weighted by molar-refractivity contribution is -0.148. The molecule has 0 aliphatic rings. The highest BCUT2D eigenvalue weighted by molar-refractivity contribution is 5.71. The van der Waals surface area contributed by atoms with Crippen molar-refractivity contribution >= 4 is 5.97 Å². The van der Waals surface area contributed by atoms with Gasteiger partial charge in [-0.15, -0.1) is 0 Å². The lowest BCUT2D eigenvalue weighted by Gasteiger charge is -2.10. The minimum atomic E-state index is -0.148. The van der Waals surface area contributed by atoms with Crippen LogP contribution in [0.2, 0.25) is 0 Å². The predicted molar refractivity (Wildman–Crippen MR) is 44.1 cm³/mol. The lowest BCUT2D eigenvalue weighted by Crippen LogP contribution is -2.26. The molecule has 2 unspecified atom stereocenters. The van der Waals surface area contributed by atoms with Gasteiger partial charge in [0.1, 0.15) is 6.61 Å². The summed E-state index contributed by atoms with van der Waals surface area (Å²) in [5, 5.41) is 0. The Labute approximate surface area is 67.9 Å². The van der Waals surface area contributed by atoms with Gasteiger partial charge in [-0.3, -0.25) is 4.79 Å². The average molecular weight is 159 g/mol. The van der Waals surface area contributed by atoms with Gasteiger partial charge in [0.15, 0.2) is 0 Å².